The molecule has 1 unspecified atom stereocenters. The summed E-state index contributed by atoms with van der Waals surface area (Å²) in [4.78, 5) is 0. The zero-order valence-electron chi connectivity index (χ0n) is 10.1. The van der Waals surface area contributed by atoms with Gasteiger partial charge in [0.15, 0.2) is 0 Å². The van der Waals surface area contributed by atoms with Crippen LogP contribution in [-0.4, -0.2) is 13.2 Å². The molecule has 0 saturated heterocycles. The van der Waals surface area contributed by atoms with Gasteiger partial charge in [-0.15, -0.1) is 0 Å². The van der Waals surface area contributed by atoms with E-state index in [1.807, 2.05) is 19.1 Å². The predicted molar refractivity (Wildman–Crippen MR) is 70.4 cm³/mol. The first-order valence-electron chi connectivity index (χ1n) is 6.00. The molecule has 1 fully saturated rings. The summed E-state index contributed by atoms with van der Waals surface area (Å²) in [6.45, 7) is 3.17. The van der Waals surface area contributed by atoms with Crippen LogP contribution in [0.15, 0.2) is 12.1 Å². The maximum atomic E-state index is 6.22. The SMILES string of the molecule is Cc1cc(C(N)CN)cc(Cl)c1OCC1CC1. The van der Waals surface area contributed by atoms with Crippen LogP contribution in [0.3, 0.4) is 0 Å². The number of hydrogen-bond donors (Lipinski definition) is 2. The average Bonchev–Trinajstić information content (AvgIpc) is 3.10. The molecule has 94 valence electrons. The van der Waals surface area contributed by atoms with Crippen molar-refractivity contribution in [1.29, 1.82) is 0 Å². The summed E-state index contributed by atoms with van der Waals surface area (Å²) >= 11 is 6.22. The fourth-order valence-corrected chi connectivity index (χ4v) is 2.11. The van der Waals surface area contributed by atoms with E-state index in [0.29, 0.717) is 11.6 Å². The second-order valence-corrected chi connectivity index (χ2v) is 5.15. The van der Waals surface area contributed by atoms with E-state index >= 15 is 0 Å². The van der Waals surface area contributed by atoms with Crippen molar-refractivity contribution >= 4 is 11.6 Å². The van der Waals surface area contributed by atoms with Crippen LogP contribution in [0.5, 0.6) is 5.75 Å². The van der Waals surface area contributed by atoms with Crippen molar-refractivity contribution in [2.24, 2.45) is 17.4 Å². The summed E-state index contributed by atoms with van der Waals surface area (Å²) in [5, 5.41) is 0.629. The van der Waals surface area contributed by atoms with Crippen LogP contribution in [0.4, 0.5) is 0 Å². The number of rotatable bonds is 5. The minimum absolute atomic E-state index is 0.163. The van der Waals surface area contributed by atoms with Gasteiger partial charge in [0.2, 0.25) is 0 Å². The first-order valence-corrected chi connectivity index (χ1v) is 6.38. The lowest BCUT2D eigenvalue weighted by molar-refractivity contribution is 0.298. The molecule has 1 aliphatic rings. The Labute approximate surface area is 107 Å². The first kappa shape index (κ1) is 12.7. The van der Waals surface area contributed by atoms with Gasteiger partial charge in [0, 0.05) is 12.6 Å². The van der Waals surface area contributed by atoms with Gasteiger partial charge in [-0.2, -0.15) is 0 Å². The molecule has 0 spiro atoms. The fourth-order valence-electron chi connectivity index (χ4n) is 1.78. The van der Waals surface area contributed by atoms with E-state index in [9.17, 15) is 0 Å². The Balaban J connectivity index is 2.15. The van der Waals surface area contributed by atoms with Crippen molar-refractivity contribution in [1.82, 2.24) is 0 Å². The minimum Gasteiger partial charge on any atom is -0.491 e. The van der Waals surface area contributed by atoms with Gasteiger partial charge < -0.3 is 16.2 Å². The molecule has 0 aromatic heterocycles. The number of ether oxygens (including phenoxy) is 1. The van der Waals surface area contributed by atoms with E-state index < -0.39 is 0 Å². The van der Waals surface area contributed by atoms with Crippen LogP contribution in [0, 0.1) is 12.8 Å². The smallest absolute Gasteiger partial charge is 0.140 e. The maximum absolute atomic E-state index is 6.22. The number of aryl methyl sites for hydroxylation is 1. The van der Waals surface area contributed by atoms with Crippen LogP contribution < -0.4 is 16.2 Å². The molecule has 0 aliphatic heterocycles. The molecule has 1 saturated carbocycles. The Kier molecular flexibility index (Phi) is 3.92. The van der Waals surface area contributed by atoms with Crippen LogP contribution in [0.25, 0.3) is 0 Å². The zero-order chi connectivity index (χ0) is 12.4. The van der Waals surface area contributed by atoms with Gasteiger partial charge in [0.05, 0.1) is 11.6 Å². The number of benzene rings is 1. The molecule has 2 rings (SSSR count). The topological polar surface area (TPSA) is 61.3 Å². The molecule has 17 heavy (non-hydrogen) atoms. The van der Waals surface area contributed by atoms with Gasteiger partial charge in [0.25, 0.3) is 0 Å². The first-order chi connectivity index (χ1) is 8.11. The van der Waals surface area contributed by atoms with Crippen LogP contribution in [0.2, 0.25) is 5.02 Å². The van der Waals surface area contributed by atoms with Crippen molar-refractivity contribution < 1.29 is 4.74 Å². The molecule has 0 bridgehead atoms. The largest absolute Gasteiger partial charge is 0.491 e. The quantitative estimate of drug-likeness (QED) is 0.848. The van der Waals surface area contributed by atoms with Gasteiger partial charge in [0.1, 0.15) is 5.75 Å². The third-order valence-corrected chi connectivity index (χ3v) is 3.37. The molecule has 1 aromatic carbocycles. The van der Waals surface area contributed by atoms with E-state index in [0.717, 1.165) is 29.4 Å². The third-order valence-electron chi connectivity index (χ3n) is 3.09. The van der Waals surface area contributed by atoms with Gasteiger partial charge in [-0.05, 0) is 42.9 Å². The highest BCUT2D eigenvalue weighted by atomic mass is 35.5. The number of hydrogen-bond acceptors (Lipinski definition) is 3. The van der Waals surface area contributed by atoms with Crippen LogP contribution >= 0.6 is 11.6 Å². The van der Waals surface area contributed by atoms with Crippen molar-refractivity contribution in [3.63, 3.8) is 0 Å². The molecule has 1 aliphatic carbocycles. The van der Waals surface area contributed by atoms with Gasteiger partial charge in [-0.1, -0.05) is 17.7 Å². The monoisotopic (exact) mass is 254 g/mol. The van der Waals surface area contributed by atoms with Crippen LogP contribution in [-0.2, 0) is 0 Å². The Morgan fingerprint density at radius 2 is 2.18 bits per heavy atom. The van der Waals surface area contributed by atoms with Gasteiger partial charge in [-0.25, -0.2) is 0 Å². The number of halogens is 1. The second kappa shape index (κ2) is 5.25. The average molecular weight is 255 g/mol. The van der Waals surface area contributed by atoms with Crippen molar-refractivity contribution in [2.75, 3.05) is 13.2 Å². The summed E-state index contributed by atoms with van der Waals surface area (Å²) < 4.78 is 5.76. The van der Waals surface area contributed by atoms with E-state index in [4.69, 9.17) is 27.8 Å². The highest BCUT2D eigenvalue weighted by Gasteiger charge is 2.23. The molecular formula is C13H19ClN2O. The zero-order valence-corrected chi connectivity index (χ0v) is 10.8. The molecule has 1 atom stereocenters. The summed E-state index contributed by atoms with van der Waals surface area (Å²) in [5.74, 6) is 1.50. The molecule has 4 N–H and O–H groups in total. The summed E-state index contributed by atoms with van der Waals surface area (Å²) in [6, 6.07) is 3.70. The summed E-state index contributed by atoms with van der Waals surface area (Å²) in [6.07, 6.45) is 2.54. The predicted octanol–water partition coefficient (Wildman–Crippen LogP) is 2.40. The molecule has 0 amide bonds. The van der Waals surface area contributed by atoms with Gasteiger partial charge >= 0.3 is 0 Å². The standard InChI is InChI=1S/C13H19ClN2O/c1-8-4-10(12(16)6-15)5-11(14)13(8)17-7-9-2-3-9/h4-5,9,12H,2-3,6-7,15-16H2,1H3. The fraction of sp³-hybridized carbons (Fsp3) is 0.538. The van der Waals surface area contributed by atoms with Gasteiger partial charge in [-0.3, -0.25) is 0 Å². The van der Waals surface area contributed by atoms with E-state index in [-0.39, 0.29) is 6.04 Å². The Morgan fingerprint density at radius 1 is 1.47 bits per heavy atom. The third kappa shape index (κ3) is 3.12. The van der Waals surface area contributed by atoms with Crippen molar-refractivity contribution in [3.05, 3.63) is 28.3 Å². The van der Waals surface area contributed by atoms with Crippen molar-refractivity contribution in [2.45, 2.75) is 25.8 Å². The lowest BCUT2D eigenvalue weighted by atomic mass is 10.0. The van der Waals surface area contributed by atoms with E-state index in [2.05, 4.69) is 0 Å². The molecule has 4 heteroatoms. The summed E-state index contributed by atoms with van der Waals surface area (Å²) in [5.41, 5.74) is 13.4. The molecule has 1 aromatic rings. The highest BCUT2D eigenvalue weighted by molar-refractivity contribution is 6.32. The minimum atomic E-state index is -0.163. The molecule has 3 nitrogen and oxygen atoms in total. The summed E-state index contributed by atoms with van der Waals surface area (Å²) in [7, 11) is 0. The normalized spacial score (nSPS) is 16.9. The lowest BCUT2D eigenvalue weighted by Crippen LogP contribution is -2.20. The number of nitrogens with two attached hydrogens (primary N) is 2. The van der Waals surface area contributed by atoms with Crippen LogP contribution in [0.1, 0.15) is 30.0 Å². The van der Waals surface area contributed by atoms with E-state index in [1.54, 1.807) is 0 Å². The Hall–Kier alpha value is -0.770. The second-order valence-electron chi connectivity index (χ2n) is 4.75. The highest BCUT2D eigenvalue weighted by Crippen LogP contribution is 2.34. The maximum Gasteiger partial charge on any atom is 0.140 e. The Bertz CT molecular complexity index is 381. The molecular weight excluding hydrogens is 236 g/mol. The van der Waals surface area contributed by atoms with Crippen molar-refractivity contribution in [3.8, 4) is 5.75 Å². The van der Waals surface area contributed by atoms with E-state index in [1.165, 1.54) is 12.8 Å². The molecule has 0 radical (unpaired) electrons. The Morgan fingerprint density at radius 3 is 2.71 bits per heavy atom. The molecule has 0 heterocycles. The lowest BCUT2D eigenvalue weighted by Gasteiger charge is -2.15.